The van der Waals surface area contributed by atoms with Gasteiger partial charge in [-0.05, 0) is 37.1 Å². The van der Waals surface area contributed by atoms with Crippen LogP contribution in [0.3, 0.4) is 0 Å². The Morgan fingerprint density at radius 2 is 1.77 bits per heavy atom. The minimum atomic E-state index is 0. The second-order valence-corrected chi connectivity index (χ2v) is 6.71. The van der Waals surface area contributed by atoms with E-state index in [-0.39, 0.29) is 24.4 Å². The topological polar surface area (TPSA) is 55.6 Å². The second-order valence-electron chi connectivity index (χ2n) is 6.71. The minimum absolute atomic E-state index is 0. The number of hydrogen-bond donors (Lipinski definition) is 1. The largest absolute Gasteiger partial charge is 0.490 e. The van der Waals surface area contributed by atoms with E-state index in [0.29, 0.717) is 12.8 Å². The number of hydrogen-bond acceptors (Lipinski definition) is 3. The Morgan fingerprint density at radius 3 is 2.42 bits per heavy atom. The summed E-state index contributed by atoms with van der Waals surface area (Å²) in [6.07, 6.45) is 3.17. The van der Waals surface area contributed by atoms with Crippen molar-refractivity contribution in [1.29, 1.82) is 0 Å². The van der Waals surface area contributed by atoms with Gasteiger partial charge in [0.1, 0.15) is 11.9 Å². The van der Waals surface area contributed by atoms with Crippen LogP contribution in [0.15, 0.2) is 48.5 Å². The number of rotatable bonds is 5. The molecule has 2 N–H and O–H groups in total. The number of piperidine rings is 1. The summed E-state index contributed by atoms with van der Waals surface area (Å²) in [5.74, 6) is 1.12. The molecule has 26 heavy (non-hydrogen) atoms. The summed E-state index contributed by atoms with van der Waals surface area (Å²) in [6.45, 7) is 3.59. The van der Waals surface area contributed by atoms with Gasteiger partial charge in [-0.1, -0.05) is 35.9 Å². The maximum absolute atomic E-state index is 12.4. The zero-order chi connectivity index (χ0) is 17.6. The Hall–Kier alpha value is -2.20. The highest BCUT2D eigenvalue weighted by molar-refractivity contribution is 5.85. The van der Waals surface area contributed by atoms with Crippen LogP contribution in [0.4, 0.5) is 5.69 Å². The highest BCUT2D eigenvalue weighted by atomic mass is 35.5. The fraction of sp³-hybridized carbons (Fsp3) is 0.381. The number of amides is 1. The van der Waals surface area contributed by atoms with E-state index in [0.717, 1.165) is 42.9 Å². The molecule has 0 radical (unpaired) electrons. The summed E-state index contributed by atoms with van der Waals surface area (Å²) in [7, 11) is 0. The number of anilines is 1. The van der Waals surface area contributed by atoms with Crippen molar-refractivity contribution in [1.82, 2.24) is 4.90 Å². The van der Waals surface area contributed by atoms with Crippen LogP contribution in [0.5, 0.6) is 5.75 Å². The SMILES string of the molecule is Cc1ccc(OC2CCN(C(=O)CCc3ccccc3N)CC2)cc1.Cl. The highest BCUT2D eigenvalue weighted by Gasteiger charge is 2.23. The Labute approximate surface area is 161 Å². The molecule has 3 rings (SSSR count). The van der Waals surface area contributed by atoms with Gasteiger partial charge in [0.15, 0.2) is 0 Å². The molecule has 0 saturated carbocycles. The van der Waals surface area contributed by atoms with E-state index in [4.69, 9.17) is 10.5 Å². The molecule has 1 fully saturated rings. The number of ether oxygens (including phenoxy) is 1. The lowest BCUT2D eigenvalue weighted by molar-refractivity contribution is -0.132. The fourth-order valence-corrected chi connectivity index (χ4v) is 3.19. The Bertz CT molecular complexity index is 710. The number of benzene rings is 2. The van der Waals surface area contributed by atoms with Crippen LogP contribution < -0.4 is 10.5 Å². The van der Waals surface area contributed by atoms with Crippen molar-refractivity contribution < 1.29 is 9.53 Å². The number of nitrogen functional groups attached to an aromatic ring is 1. The van der Waals surface area contributed by atoms with Gasteiger partial charge >= 0.3 is 0 Å². The van der Waals surface area contributed by atoms with Gasteiger partial charge in [0.25, 0.3) is 0 Å². The molecule has 1 amide bonds. The van der Waals surface area contributed by atoms with Crippen LogP contribution >= 0.6 is 12.4 Å². The van der Waals surface area contributed by atoms with Gasteiger partial charge in [-0.15, -0.1) is 12.4 Å². The molecule has 2 aromatic carbocycles. The van der Waals surface area contributed by atoms with Crippen LogP contribution in [0.25, 0.3) is 0 Å². The van der Waals surface area contributed by atoms with Crippen molar-refractivity contribution >= 4 is 24.0 Å². The number of para-hydroxylation sites is 1. The number of nitrogens with zero attached hydrogens (tertiary/aromatic N) is 1. The first-order valence-corrected chi connectivity index (χ1v) is 8.96. The maximum atomic E-state index is 12.4. The Kier molecular flexibility index (Phi) is 7.34. The molecular formula is C21H27ClN2O2. The fourth-order valence-electron chi connectivity index (χ4n) is 3.19. The average molecular weight is 375 g/mol. The van der Waals surface area contributed by atoms with Gasteiger partial charge in [0.2, 0.25) is 5.91 Å². The molecule has 0 aromatic heterocycles. The van der Waals surface area contributed by atoms with Crippen LogP contribution in [-0.4, -0.2) is 30.0 Å². The molecule has 0 unspecified atom stereocenters. The predicted octanol–water partition coefficient (Wildman–Crippen LogP) is 4.00. The van der Waals surface area contributed by atoms with Gasteiger partial charge in [-0.2, -0.15) is 0 Å². The third kappa shape index (κ3) is 5.40. The normalized spacial score (nSPS) is 14.6. The van der Waals surface area contributed by atoms with Crippen molar-refractivity contribution in [2.75, 3.05) is 18.8 Å². The first kappa shape index (κ1) is 20.1. The third-order valence-corrected chi connectivity index (χ3v) is 4.78. The molecule has 140 valence electrons. The first-order valence-electron chi connectivity index (χ1n) is 8.96. The van der Waals surface area contributed by atoms with Crippen LogP contribution in [0.2, 0.25) is 0 Å². The van der Waals surface area contributed by atoms with Crippen molar-refractivity contribution in [3.63, 3.8) is 0 Å². The molecule has 4 nitrogen and oxygen atoms in total. The molecule has 1 heterocycles. The van der Waals surface area contributed by atoms with E-state index in [2.05, 4.69) is 19.1 Å². The second kappa shape index (κ2) is 9.48. The number of nitrogens with two attached hydrogens (primary N) is 1. The summed E-state index contributed by atoms with van der Waals surface area (Å²) in [5.41, 5.74) is 8.99. The highest BCUT2D eigenvalue weighted by Crippen LogP contribution is 2.20. The molecule has 1 saturated heterocycles. The van der Waals surface area contributed by atoms with Crippen LogP contribution in [0.1, 0.15) is 30.4 Å². The molecular weight excluding hydrogens is 348 g/mol. The lowest BCUT2D eigenvalue weighted by atomic mass is 10.0. The number of halogens is 1. The third-order valence-electron chi connectivity index (χ3n) is 4.78. The quantitative estimate of drug-likeness (QED) is 0.805. The van der Waals surface area contributed by atoms with Crippen molar-refractivity contribution in [2.24, 2.45) is 0 Å². The molecule has 0 atom stereocenters. The van der Waals surface area contributed by atoms with E-state index in [1.165, 1.54) is 5.56 Å². The molecule has 1 aliphatic rings. The van der Waals surface area contributed by atoms with E-state index >= 15 is 0 Å². The monoisotopic (exact) mass is 374 g/mol. The molecule has 2 aromatic rings. The first-order chi connectivity index (χ1) is 12.1. The number of carbonyl (C=O) groups is 1. The van der Waals surface area contributed by atoms with Crippen LogP contribution in [-0.2, 0) is 11.2 Å². The van der Waals surface area contributed by atoms with Gasteiger partial charge in [-0.25, -0.2) is 0 Å². The lowest BCUT2D eigenvalue weighted by Gasteiger charge is -2.32. The minimum Gasteiger partial charge on any atom is -0.490 e. The van der Waals surface area contributed by atoms with Crippen molar-refractivity contribution in [3.05, 3.63) is 59.7 Å². The maximum Gasteiger partial charge on any atom is 0.222 e. The molecule has 0 bridgehead atoms. The van der Waals surface area contributed by atoms with Crippen molar-refractivity contribution in [2.45, 2.75) is 38.7 Å². The van der Waals surface area contributed by atoms with Gasteiger partial charge in [-0.3, -0.25) is 4.79 Å². The summed E-state index contributed by atoms with van der Waals surface area (Å²) in [5, 5.41) is 0. The van der Waals surface area contributed by atoms with Crippen molar-refractivity contribution in [3.8, 4) is 5.75 Å². The predicted molar refractivity (Wildman–Crippen MR) is 108 cm³/mol. The average Bonchev–Trinajstić information content (AvgIpc) is 2.63. The molecule has 1 aliphatic heterocycles. The van der Waals surface area contributed by atoms with E-state index in [1.54, 1.807) is 0 Å². The zero-order valence-electron chi connectivity index (χ0n) is 15.2. The standard InChI is InChI=1S/C21H26N2O2.ClH/c1-16-6-9-18(10-7-16)25-19-12-14-23(15-13-19)21(24)11-8-17-4-2-3-5-20(17)22;/h2-7,9-10,19H,8,11-15,22H2,1H3;1H. The molecule has 0 aliphatic carbocycles. The Balaban J connectivity index is 0.00000243. The van der Waals surface area contributed by atoms with E-state index in [1.807, 2.05) is 41.3 Å². The van der Waals surface area contributed by atoms with Gasteiger partial charge in [0.05, 0.1) is 0 Å². The van der Waals surface area contributed by atoms with Crippen LogP contribution in [0, 0.1) is 6.92 Å². The zero-order valence-corrected chi connectivity index (χ0v) is 16.0. The molecule has 5 heteroatoms. The summed E-state index contributed by atoms with van der Waals surface area (Å²) >= 11 is 0. The van der Waals surface area contributed by atoms with Gasteiger partial charge < -0.3 is 15.4 Å². The summed E-state index contributed by atoms with van der Waals surface area (Å²) in [6, 6.07) is 15.9. The smallest absolute Gasteiger partial charge is 0.222 e. The van der Waals surface area contributed by atoms with E-state index in [9.17, 15) is 4.79 Å². The molecule has 0 spiro atoms. The van der Waals surface area contributed by atoms with E-state index < -0.39 is 0 Å². The number of likely N-dealkylation sites (tertiary alicyclic amines) is 1. The summed E-state index contributed by atoms with van der Waals surface area (Å²) < 4.78 is 6.03. The summed E-state index contributed by atoms with van der Waals surface area (Å²) in [4.78, 5) is 14.4. The Morgan fingerprint density at radius 1 is 1.12 bits per heavy atom. The number of carbonyl (C=O) groups excluding carboxylic acids is 1. The van der Waals surface area contributed by atoms with Gasteiger partial charge in [0, 0.05) is 38.0 Å². The lowest BCUT2D eigenvalue weighted by Crippen LogP contribution is -2.41. The number of aryl methyl sites for hydroxylation is 2.